The minimum atomic E-state index is -4.26. The van der Waals surface area contributed by atoms with Crippen molar-refractivity contribution in [2.24, 2.45) is 5.73 Å². The van der Waals surface area contributed by atoms with Crippen LogP contribution >= 0.6 is 7.82 Å². The maximum atomic E-state index is 11.8. The molecule has 52 heavy (non-hydrogen) atoms. The van der Waals surface area contributed by atoms with Crippen molar-refractivity contribution in [1.82, 2.24) is 0 Å². The van der Waals surface area contributed by atoms with Gasteiger partial charge in [-0.05, 0) is 64.2 Å². The molecule has 0 amide bonds. The number of phosphoric ester groups is 1. The van der Waals surface area contributed by atoms with Gasteiger partial charge in [0, 0.05) is 13.0 Å². The third-order valence-corrected chi connectivity index (χ3v) is 9.01. The largest absolute Gasteiger partial charge is 0.472 e. The second-order valence-corrected chi connectivity index (χ2v) is 14.4. The summed E-state index contributed by atoms with van der Waals surface area (Å²) in [5, 5.41) is 9.76. The van der Waals surface area contributed by atoms with Crippen molar-refractivity contribution in [2.45, 2.75) is 154 Å². The van der Waals surface area contributed by atoms with Crippen molar-refractivity contribution < 1.29 is 33.1 Å². The molecular weight excluding hydrogens is 673 g/mol. The molecular formula is C43H74NO7P. The highest BCUT2D eigenvalue weighted by molar-refractivity contribution is 7.47. The Balaban J connectivity index is 3.45. The van der Waals surface area contributed by atoms with E-state index in [1.807, 2.05) is 0 Å². The summed E-state index contributed by atoms with van der Waals surface area (Å²) in [5.74, 6) is -0.390. The molecule has 0 aliphatic carbocycles. The first-order valence-electron chi connectivity index (χ1n) is 20.1. The fraction of sp³-hybridized carbons (Fsp3) is 0.651. The Morgan fingerprint density at radius 2 is 0.962 bits per heavy atom. The highest BCUT2D eigenvalue weighted by Gasteiger charge is 2.22. The number of carbonyl (C=O) groups is 1. The second kappa shape index (κ2) is 39.9. The van der Waals surface area contributed by atoms with Crippen molar-refractivity contribution in [3.05, 3.63) is 85.1 Å². The lowest BCUT2D eigenvalue weighted by Gasteiger charge is -2.15. The van der Waals surface area contributed by atoms with Crippen LogP contribution in [0, 0.1) is 0 Å². The number of ether oxygens (including phenoxy) is 1. The van der Waals surface area contributed by atoms with Crippen molar-refractivity contribution >= 4 is 13.8 Å². The Labute approximate surface area is 317 Å². The summed E-state index contributed by atoms with van der Waals surface area (Å²) < 4.78 is 25.7. The van der Waals surface area contributed by atoms with E-state index >= 15 is 0 Å². The van der Waals surface area contributed by atoms with Crippen molar-refractivity contribution in [3.8, 4) is 0 Å². The van der Waals surface area contributed by atoms with Gasteiger partial charge >= 0.3 is 13.8 Å². The van der Waals surface area contributed by atoms with Gasteiger partial charge in [0.15, 0.2) is 0 Å². The van der Waals surface area contributed by atoms with Crippen LogP contribution in [0.15, 0.2) is 85.1 Å². The number of hydrogen-bond acceptors (Lipinski definition) is 7. The van der Waals surface area contributed by atoms with E-state index in [0.717, 1.165) is 64.2 Å². The summed E-state index contributed by atoms with van der Waals surface area (Å²) in [6.07, 6.45) is 54.7. The van der Waals surface area contributed by atoms with Crippen molar-refractivity contribution in [3.63, 3.8) is 0 Å². The maximum Gasteiger partial charge on any atom is 0.472 e. The smallest absolute Gasteiger partial charge is 0.463 e. The standard InChI is InChI=1S/C43H74NO7P/c1-2-3-4-5-6-7-8-9-10-11-12-13-14-15-16-17-18-19-20-21-22-23-24-25-26-27-28-29-30-31-32-33-34-35-36-37-43(46)49-40-42(45)41-51-52(47,48)50-39-38-44/h3-4,6-7,9-10,12-13,15-16,18-19,21-22,42,45H,2,5,8,11,14,17,20,23-41,44H2,1H3,(H,47,48)/b4-3-,7-6-,10-9-,13-12-,16-15-,19-18-,22-21-. The zero-order valence-corrected chi connectivity index (χ0v) is 33.4. The third-order valence-electron chi connectivity index (χ3n) is 8.03. The minimum absolute atomic E-state index is 0.0712. The van der Waals surface area contributed by atoms with Crippen LogP contribution in [0.2, 0.25) is 0 Å². The van der Waals surface area contributed by atoms with Gasteiger partial charge < -0.3 is 20.5 Å². The van der Waals surface area contributed by atoms with Gasteiger partial charge in [-0.2, -0.15) is 0 Å². The Bertz CT molecular complexity index is 1060. The fourth-order valence-corrected chi connectivity index (χ4v) is 5.85. The second-order valence-electron chi connectivity index (χ2n) is 13.0. The van der Waals surface area contributed by atoms with Crippen LogP contribution in [0.1, 0.15) is 148 Å². The molecule has 0 aromatic heterocycles. The molecule has 0 spiro atoms. The molecule has 0 radical (unpaired) electrons. The first-order valence-corrected chi connectivity index (χ1v) is 21.6. The van der Waals surface area contributed by atoms with E-state index < -0.39 is 20.5 Å². The quantitative estimate of drug-likeness (QED) is 0.0248. The van der Waals surface area contributed by atoms with Gasteiger partial charge in [0.2, 0.25) is 0 Å². The number of rotatable bonds is 37. The summed E-state index contributed by atoms with van der Waals surface area (Å²) >= 11 is 0. The van der Waals surface area contributed by atoms with Crippen molar-refractivity contribution in [2.75, 3.05) is 26.4 Å². The van der Waals surface area contributed by atoms with Gasteiger partial charge in [-0.3, -0.25) is 13.8 Å². The first kappa shape index (κ1) is 49.7. The lowest BCUT2D eigenvalue weighted by Crippen LogP contribution is -2.23. The number of phosphoric acid groups is 1. The molecule has 4 N–H and O–H groups in total. The van der Waals surface area contributed by atoms with E-state index in [0.29, 0.717) is 6.42 Å². The molecule has 0 aromatic rings. The molecule has 0 aliphatic rings. The molecule has 8 nitrogen and oxygen atoms in total. The van der Waals surface area contributed by atoms with E-state index in [4.69, 9.17) is 10.5 Å². The summed E-state index contributed by atoms with van der Waals surface area (Å²) in [5.41, 5.74) is 5.20. The van der Waals surface area contributed by atoms with Crippen molar-refractivity contribution in [1.29, 1.82) is 0 Å². The van der Waals surface area contributed by atoms with E-state index in [1.54, 1.807) is 0 Å². The Morgan fingerprint density at radius 3 is 1.38 bits per heavy atom. The zero-order valence-electron chi connectivity index (χ0n) is 32.5. The summed E-state index contributed by atoms with van der Waals surface area (Å²) in [6, 6.07) is 0. The van der Waals surface area contributed by atoms with Crippen LogP contribution < -0.4 is 5.73 Å². The van der Waals surface area contributed by atoms with Crippen LogP contribution in [-0.4, -0.2) is 48.4 Å². The average Bonchev–Trinajstić information content (AvgIpc) is 3.14. The number of unbranched alkanes of at least 4 members (excludes halogenated alkanes) is 13. The number of allylic oxidation sites excluding steroid dienone is 14. The monoisotopic (exact) mass is 748 g/mol. The number of aliphatic hydroxyl groups is 1. The lowest BCUT2D eigenvalue weighted by molar-refractivity contribution is -0.147. The fourth-order valence-electron chi connectivity index (χ4n) is 5.08. The molecule has 0 bridgehead atoms. The topological polar surface area (TPSA) is 128 Å². The predicted molar refractivity (Wildman–Crippen MR) is 219 cm³/mol. The molecule has 0 saturated carbocycles. The molecule has 0 saturated heterocycles. The molecule has 9 heteroatoms. The summed E-state index contributed by atoms with van der Waals surface area (Å²) in [7, 11) is -4.26. The molecule has 2 unspecified atom stereocenters. The molecule has 0 fully saturated rings. The first-order chi connectivity index (χ1) is 25.4. The summed E-state index contributed by atoms with van der Waals surface area (Å²) in [4.78, 5) is 21.2. The lowest BCUT2D eigenvalue weighted by atomic mass is 10.0. The predicted octanol–water partition coefficient (Wildman–Crippen LogP) is 11.5. The molecule has 0 rings (SSSR count). The Kier molecular flexibility index (Phi) is 38.1. The van der Waals surface area contributed by atoms with E-state index in [-0.39, 0.29) is 25.7 Å². The number of esters is 1. The van der Waals surface area contributed by atoms with Gasteiger partial charge in [0.05, 0.1) is 13.2 Å². The SMILES string of the molecule is CC/C=C\C/C=C\C/C=C\C/C=C\C/C=C\C/C=C\C/C=C\CCCCCCCCCCCCCCCC(=O)OCC(O)COP(=O)(O)OCCN. The number of nitrogens with two attached hydrogens (primary N) is 1. The van der Waals surface area contributed by atoms with Crippen LogP contribution in [0.3, 0.4) is 0 Å². The minimum Gasteiger partial charge on any atom is -0.463 e. The number of hydrogen-bond donors (Lipinski definition) is 3. The Morgan fingerprint density at radius 1 is 0.577 bits per heavy atom. The maximum absolute atomic E-state index is 11.8. The molecule has 298 valence electrons. The van der Waals surface area contributed by atoms with E-state index in [9.17, 15) is 19.4 Å². The van der Waals surface area contributed by atoms with Gasteiger partial charge in [-0.15, -0.1) is 0 Å². The average molecular weight is 748 g/mol. The highest BCUT2D eigenvalue weighted by Crippen LogP contribution is 2.42. The van der Waals surface area contributed by atoms with E-state index in [1.165, 1.54) is 70.6 Å². The van der Waals surface area contributed by atoms with Crippen LogP contribution in [0.5, 0.6) is 0 Å². The van der Waals surface area contributed by atoms with Gasteiger partial charge in [0.25, 0.3) is 0 Å². The third kappa shape index (κ3) is 40.5. The van der Waals surface area contributed by atoms with Crippen LogP contribution in [0.4, 0.5) is 0 Å². The molecule has 2 atom stereocenters. The van der Waals surface area contributed by atoms with Gasteiger partial charge in [-0.1, -0.05) is 163 Å². The van der Waals surface area contributed by atoms with E-state index in [2.05, 4.69) is 101 Å². The molecule has 0 heterocycles. The number of carbonyl (C=O) groups excluding carboxylic acids is 1. The zero-order chi connectivity index (χ0) is 38.1. The van der Waals surface area contributed by atoms with Crippen LogP contribution in [0.25, 0.3) is 0 Å². The normalized spacial score (nSPS) is 14.5. The number of aliphatic hydroxyl groups excluding tert-OH is 1. The van der Waals surface area contributed by atoms with Gasteiger partial charge in [0.1, 0.15) is 12.7 Å². The Hall–Kier alpha value is -2.32. The van der Waals surface area contributed by atoms with Crippen LogP contribution in [-0.2, 0) is 23.1 Å². The molecule has 0 aromatic carbocycles. The highest BCUT2D eigenvalue weighted by atomic mass is 31.2. The molecule has 0 aliphatic heterocycles. The summed E-state index contributed by atoms with van der Waals surface area (Å²) in [6.45, 7) is 1.33. The van der Waals surface area contributed by atoms with Gasteiger partial charge in [-0.25, -0.2) is 4.57 Å².